The Hall–Kier alpha value is -0.160. The van der Waals surface area contributed by atoms with E-state index in [4.69, 9.17) is 0 Å². The van der Waals surface area contributed by atoms with Gasteiger partial charge in [-0.2, -0.15) is 0 Å². The highest BCUT2D eigenvalue weighted by Crippen LogP contribution is 1.16. The summed E-state index contributed by atoms with van der Waals surface area (Å²) in [7, 11) is 0. The Morgan fingerprint density at radius 3 is 0.200 bits per heavy atom. The van der Waals surface area contributed by atoms with E-state index in [9.17, 15) is 0 Å². The predicted molar refractivity (Wildman–Crippen MR) is 108 cm³/mol. The summed E-state index contributed by atoms with van der Waals surface area (Å²) in [5, 5.41) is 0. The molecule has 0 aromatic rings. The Kier molecular flexibility index (Phi) is 852000. The van der Waals surface area contributed by atoms with Crippen LogP contribution < -0.4 is 23.4 Å². The van der Waals surface area contributed by atoms with E-state index >= 15 is 0 Å². The second kappa shape index (κ2) is 234000. The Morgan fingerprint density at radius 1 is 0.200 bits per heavy atom. The summed E-state index contributed by atoms with van der Waals surface area (Å²) in [6, 6.07) is 0. The number of hydrogen-bond donors (Lipinski definition) is 4. The standard InChI is InChI=1S/8C2H6.2H4N2/c10*1-2/h8*1-2H3;2*1-2H2. The minimum absolute atomic E-state index is 2.00. The average Bonchev–Trinajstić information content (AvgIpc) is 2.71. The van der Waals surface area contributed by atoms with E-state index in [0.29, 0.717) is 0 Å². The van der Waals surface area contributed by atoms with Gasteiger partial charge in [0.25, 0.3) is 0 Å². The monoisotopic (exact) mass is 304 g/mol. The molecule has 4 heteroatoms. The summed E-state index contributed by atoms with van der Waals surface area (Å²) >= 11 is 0. The van der Waals surface area contributed by atoms with Crippen LogP contribution in [0, 0.1) is 0 Å². The lowest BCUT2D eigenvalue weighted by Gasteiger charge is -1.27. The van der Waals surface area contributed by atoms with E-state index in [1.54, 1.807) is 0 Å². The molecular formula is C16H56N4. The second-order valence-electron chi connectivity index (χ2n) is 0. The molecule has 0 aromatic heterocycles. The van der Waals surface area contributed by atoms with Gasteiger partial charge < -0.3 is 0 Å². The maximum Gasteiger partial charge on any atom is -0.0683 e. The molecule has 0 saturated carbocycles. The van der Waals surface area contributed by atoms with Gasteiger partial charge in [-0.05, 0) is 0 Å². The van der Waals surface area contributed by atoms with Crippen LogP contribution in [0.1, 0.15) is 111 Å². The molecule has 0 aliphatic heterocycles. The smallest absolute Gasteiger partial charge is 0.0683 e. The fourth-order valence-corrected chi connectivity index (χ4v) is 0. The average molecular weight is 305 g/mol. The lowest BCUT2D eigenvalue weighted by atomic mass is 11.0. The maximum atomic E-state index is 4.00. The molecule has 0 aliphatic carbocycles. The van der Waals surface area contributed by atoms with Crippen molar-refractivity contribution in [3.05, 3.63) is 0 Å². The molecule has 0 atom stereocenters. The molecule has 0 radical (unpaired) electrons. The van der Waals surface area contributed by atoms with Crippen molar-refractivity contribution in [2.24, 2.45) is 23.4 Å². The first kappa shape index (κ1) is 72.7. The summed E-state index contributed by atoms with van der Waals surface area (Å²) in [4.78, 5) is 0. The zero-order valence-corrected chi connectivity index (χ0v) is 18.3. The van der Waals surface area contributed by atoms with Crippen molar-refractivity contribution < 1.29 is 0 Å². The highest BCUT2D eigenvalue weighted by molar-refractivity contribution is 3.52. The zero-order valence-electron chi connectivity index (χ0n) is 18.3. The van der Waals surface area contributed by atoms with Crippen molar-refractivity contribution in [1.82, 2.24) is 0 Å². The highest BCUT2D eigenvalue weighted by atomic mass is 15.0. The fraction of sp³-hybridized carbons (Fsp3) is 1.00. The van der Waals surface area contributed by atoms with Crippen molar-refractivity contribution in [2.45, 2.75) is 111 Å². The molecule has 0 spiro atoms. The molecule has 0 rings (SSSR count). The van der Waals surface area contributed by atoms with Crippen LogP contribution in [-0.4, -0.2) is 0 Å². The minimum Gasteiger partial charge on any atom is -0.274 e. The summed E-state index contributed by atoms with van der Waals surface area (Å²) < 4.78 is 0. The third-order valence-corrected chi connectivity index (χ3v) is 0. The topological polar surface area (TPSA) is 104 Å². The van der Waals surface area contributed by atoms with Crippen molar-refractivity contribution in [3.8, 4) is 0 Å². The van der Waals surface area contributed by atoms with Crippen LogP contribution in [-0.2, 0) is 0 Å². The van der Waals surface area contributed by atoms with Gasteiger partial charge in [-0.15, -0.1) is 0 Å². The lowest BCUT2D eigenvalue weighted by Crippen LogP contribution is -2.02. The first-order valence-electron chi connectivity index (χ1n) is 8.67. The van der Waals surface area contributed by atoms with Gasteiger partial charge in [0.2, 0.25) is 0 Å². The van der Waals surface area contributed by atoms with Gasteiger partial charge in [0.05, 0.1) is 0 Å². The lowest BCUT2D eigenvalue weighted by molar-refractivity contribution is 1.26. The van der Waals surface area contributed by atoms with E-state index in [2.05, 4.69) is 23.4 Å². The molecule has 0 aliphatic rings. The van der Waals surface area contributed by atoms with E-state index in [0.717, 1.165) is 0 Å². The Balaban J connectivity index is -0.00000000694. The molecule has 0 saturated heterocycles. The van der Waals surface area contributed by atoms with E-state index in [-0.39, 0.29) is 0 Å². The fourth-order valence-electron chi connectivity index (χ4n) is 0. The first-order valence-corrected chi connectivity index (χ1v) is 8.67. The van der Waals surface area contributed by atoms with Crippen LogP contribution >= 0.6 is 0 Å². The highest BCUT2D eigenvalue weighted by Gasteiger charge is 0.946. The molecular weight excluding hydrogens is 248 g/mol. The van der Waals surface area contributed by atoms with Crippen LogP contribution in [0.25, 0.3) is 0 Å². The van der Waals surface area contributed by atoms with Gasteiger partial charge in [0.15, 0.2) is 0 Å². The van der Waals surface area contributed by atoms with Crippen LogP contribution in [0.5, 0.6) is 0 Å². The van der Waals surface area contributed by atoms with Gasteiger partial charge in [0.1, 0.15) is 0 Å². The van der Waals surface area contributed by atoms with Gasteiger partial charge >= 0.3 is 0 Å². The van der Waals surface area contributed by atoms with Gasteiger partial charge in [-0.3, -0.25) is 23.4 Å². The zero-order chi connectivity index (χ0) is 20.0. The third-order valence-electron chi connectivity index (χ3n) is 0. The van der Waals surface area contributed by atoms with E-state index < -0.39 is 0 Å². The Labute approximate surface area is 135 Å². The van der Waals surface area contributed by atoms with Gasteiger partial charge in [-0.1, -0.05) is 111 Å². The quantitative estimate of drug-likeness (QED) is 0.333. The molecule has 0 heterocycles. The van der Waals surface area contributed by atoms with Crippen molar-refractivity contribution >= 4 is 0 Å². The third kappa shape index (κ3) is 198000. The number of hydrogen-bond acceptors (Lipinski definition) is 4. The SMILES string of the molecule is CC.CC.CC.CC.CC.CC.CC.CC.NN.NN. The van der Waals surface area contributed by atoms with Crippen LogP contribution in [0.4, 0.5) is 0 Å². The molecule has 0 amide bonds. The molecule has 0 unspecified atom stereocenters. The largest absolute Gasteiger partial charge is 0.274 e. The maximum absolute atomic E-state index is 4.00. The summed E-state index contributed by atoms with van der Waals surface area (Å²) in [6.45, 7) is 32.0. The van der Waals surface area contributed by atoms with Crippen molar-refractivity contribution in [3.63, 3.8) is 0 Å². The van der Waals surface area contributed by atoms with E-state index in [1.165, 1.54) is 0 Å². The van der Waals surface area contributed by atoms with Crippen LogP contribution in [0.3, 0.4) is 0 Å². The molecule has 8 N–H and O–H groups in total. The normalized spacial score (nSPS) is 3.00. The summed E-state index contributed by atoms with van der Waals surface area (Å²) in [5.74, 6) is 16.0. The molecule has 0 bridgehead atoms. The van der Waals surface area contributed by atoms with Gasteiger partial charge in [-0.25, -0.2) is 0 Å². The molecule has 0 aromatic carbocycles. The number of nitrogens with two attached hydrogens (primary N) is 4. The summed E-state index contributed by atoms with van der Waals surface area (Å²) in [5.41, 5.74) is 0. The number of hydrazine groups is 2. The van der Waals surface area contributed by atoms with Crippen LogP contribution in [0.2, 0.25) is 0 Å². The van der Waals surface area contributed by atoms with Crippen molar-refractivity contribution in [1.29, 1.82) is 0 Å². The Morgan fingerprint density at radius 2 is 0.200 bits per heavy atom. The second-order valence-corrected chi connectivity index (χ2v) is 0. The first-order chi connectivity index (χ1) is 10.0. The minimum atomic E-state index is 2.00. The Bertz CT molecular complexity index is 14.4. The predicted octanol–water partition coefficient (Wildman–Crippen LogP) is 5.85. The molecule has 20 heavy (non-hydrogen) atoms. The molecule has 0 fully saturated rings. The van der Waals surface area contributed by atoms with Gasteiger partial charge in [0, 0.05) is 0 Å². The molecule has 140 valence electrons. The van der Waals surface area contributed by atoms with Crippen molar-refractivity contribution in [2.75, 3.05) is 0 Å². The summed E-state index contributed by atoms with van der Waals surface area (Å²) in [6.07, 6.45) is 0. The van der Waals surface area contributed by atoms with E-state index in [1.807, 2.05) is 111 Å². The van der Waals surface area contributed by atoms with Crippen LogP contribution in [0.15, 0.2) is 0 Å². The number of rotatable bonds is 0. The molecule has 4 nitrogen and oxygen atoms in total.